The number of nitrogens with zero attached hydrogens (tertiary/aromatic N) is 15. The molecule has 28 nitrogen and oxygen atoms in total. The summed E-state index contributed by atoms with van der Waals surface area (Å²) in [7, 11) is 0. The lowest BCUT2D eigenvalue weighted by molar-refractivity contribution is 0.0694. The summed E-state index contributed by atoms with van der Waals surface area (Å²) in [6, 6.07) is 45.2. The number of amides is 2. The molecule has 32 heteroatoms. The van der Waals surface area contributed by atoms with Crippen molar-refractivity contribution in [2.45, 2.75) is 97.6 Å². The van der Waals surface area contributed by atoms with E-state index in [2.05, 4.69) is 55.8 Å². The molecular formula is C84H75Cl4N21O7. The van der Waals surface area contributed by atoms with E-state index in [1.54, 1.807) is 115 Å². The fourth-order valence-corrected chi connectivity index (χ4v) is 13.5. The van der Waals surface area contributed by atoms with Gasteiger partial charge in [0.15, 0.2) is 17.1 Å². The third-order valence-electron chi connectivity index (χ3n) is 18.5. The van der Waals surface area contributed by atoms with E-state index >= 15 is 0 Å². The van der Waals surface area contributed by atoms with E-state index in [9.17, 15) is 40.2 Å². The van der Waals surface area contributed by atoms with Gasteiger partial charge in [0.2, 0.25) is 0 Å². The summed E-state index contributed by atoms with van der Waals surface area (Å²) in [4.78, 5) is 62.4. The van der Waals surface area contributed by atoms with Crippen LogP contribution in [0.4, 0.5) is 17.5 Å². The van der Waals surface area contributed by atoms with E-state index in [1.807, 2.05) is 115 Å². The predicted octanol–water partition coefficient (Wildman–Crippen LogP) is 13.2. The zero-order valence-corrected chi connectivity index (χ0v) is 66.2. The highest BCUT2D eigenvalue weighted by Gasteiger charge is 2.27. The minimum atomic E-state index is -1.21. The number of hydrogen-bond donors (Lipinski definition) is 10. The second-order valence-electron chi connectivity index (χ2n) is 28.5. The highest BCUT2D eigenvalue weighted by Crippen LogP contribution is 2.35. The van der Waals surface area contributed by atoms with Crippen molar-refractivity contribution in [3.05, 3.63) is 282 Å². The summed E-state index contributed by atoms with van der Waals surface area (Å²) < 4.78 is 4.45. The number of halogens is 4. The highest BCUT2D eigenvalue weighted by molar-refractivity contribution is 6.32. The molecular weight excluding hydrogens is 1560 g/mol. The SMILES string of the molecule is CC(C)(O)c1cc(Cn2cc(C(=O)NCc3ccc4c(N)nccc4c3)c(C#N)n2)cc2cc(Cl)cnc12.CC(C)(O)c1cc(Cn2cc(C(=O)NCc3ccc4c(N)nccc4c3)c(C#N)n2)cc2cc(Cl)cnc12.CC(C)(O)c1cc(Cn2cc(C(=O)O)c(C#N)n2)cc2cc(Cl)cnc12.Cl.NCc1ccc2c(N)nccc2c1. The Hall–Kier alpha value is -13.3. The Labute approximate surface area is 684 Å². The van der Waals surface area contributed by atoms with Gasteiger partial charge >= 0.3 is 5.97 Å². The number of aliphatic hydroxyl groups is 3. The minimum Gasteiger partial charge on any atom is -0.478 e. The standard InChI is InChI=1S/2C28H24ClN7O2.C18H15ClN4O3.C10H11N3.ClH/c2*1-28(2,38)23-9-17(8-19-10-20(29)13-33-25(19)23)14-36-15-22(24(11-30)35-36)27(37)34-12-16-3-4-21-18(7-16)5-6-32-26(21)31;1-18(2,26)14-4-10(3-11-5-12(19)7-21-16(11)14)8-23-9-13(17(24)25)15(6-20)22-23;11-6-7-1-2-9-8(5-7)3-4-13-10(9)12;/h2*3-10,13,15,38H,12,14H2,1-2H3,(H2,31,32)(H,34,37);3-5,7,9,26H,8H2,1-2H3,(H,24,25);1-5H,6,11H2,(H2,12,13);1H. The topological polar surface area (TPSA) is 462 Å². The summed E-state index contributed by atoms with van der Waals surface area (Å²) >= 11 is 18.3. The zero-order chi connectivity index (χ0) is 82.4. The number of pyridine rings is 6. The summed E-state index contributed by atoms with van der Waals surface area (Å²) in [6.45, 7) is 11.9. The molecule has 9 heterocycles. The van der Waals surface area contributed by atoms with Gasteiger partial charge < -0.3 is 54.0 Å². The molecule has 0 saturated heterocycles. The molecule has 2 amide bonds. The molecule has 9 aromatic heterocycles. The first-order chi connectivity index (χ1) is 54.7. The number of aromatic nitrogens is 12. The summed E-state index contributed by atoms with van der Waals surface area (Å²) in [5.41, 5.74) is 28.8. The van der Waals surface area contributed by atoms with Crippen LogP contribution in [0.1, 0.15) is 140 Å². The molecule has 116 heavy (non-hydrogen) atoms. The lowest BCUT2D eigenvalue weighted by atomic mass is 9.93. The van der Waals surface area contributed by atoms with Gasteiger partial charge in [0.05, 0.1) is 79.2 Å². The number of carboxylic acid groups (broad SMARTS) is 1. The van der Waals surface area contributed by atoms with Crippen molar-refractivity contribution < 1.29 is 34.8 Å². The van der Waals surface area contributed by atoms with Crippen molar-refractivity contribution >= 4 is 147 Å². The molecule has 0 atom stereocenters. The first-order valence-corrected chi connectivity index (χ1v) is 36.6. The molecule has 0 saturated carbocycles. The van der Waals surface area contributed by atoms with Crippen LogP contribution in [-0.4, -0.2) is 97.5 Å². The largest absolute Gasteiger partial charge is 0.478 e. The molecule has 0 radical (unpaired) electrons. The monoisotopic (exact) mass is 1630 g/mol. The van der Waals surface area contributed by atoms with Gasteiger partial charge in [-0.2, -0.15) is 31.1 Å². The average Bonchev–Trinajstić information content (AvgIpc) is 0.808. The Balaban J connectivity index is 0.000000160. The highest BCUT2D eigenvalue weighted by atomic mass is 35.5. The molecule has 14 N–H and O–H groups in total. The second-order valence-corrected chi connectivity index (χ2v) is 29.8. The maximum atomic E-state index is 13.0. The van der Waals surface area contributed by atoms with Crippen LogP contribution in [0, 0.1) is 34.0 Å². The van der Waals surface area contributed by atoms with E-state index in [1.165, 1.54) is 26.4 Å². The van der Waals surface area contributed by atoms with Crippen LogP contribution in [0.3, 0.4) is 0 Å². The van der Waals surface area contributed by atoms with Gasteiger partial charge in [-0.15, -0.1) is 12.4 Å². The van der Waals surface area contributed by atoms with Crippen LogP contribution in [0.15, 0.2) is 183 Å². The summed E-state index contributed by atoms with van der Waals surface area (Å²) in [5.74, 6) is -0.558. The van der Waals surface area contributed by atoms with Gasteiger partial charge in [-0.05, 0) is 182 Å². The quantitative estimate of drug-likeness (QED) is 0.0405. The average molecular weight is 1630 g/mol. The number of nitrogens with two attached hydrogens (primary N) is 4. The van der Waals surface area contributed by atoms with Crippen molar-refractivity contribution in [2.75, 3.05) is 17.2 Å². The number of nitrogens with one attached hydrogen (secondary N) is 2. The number of carbonyl (C=O) groups excluding carboxylic acids is 2. The van der Waals surface area contributed by atoms with Gasteiger partial charge in [-0.1, -0.05) is 71.2 Å². The number of nitriles is 3. The summed E-state index contributed by atoms with van der Waals surface area (Å²) in [5, 5.41) is 97.0. The number of carboxylic acids is 1. The predicted molar refractivity (Wildman–Crippen MR) is 447 cm³/mol. The van der Waals surface area contributed by atoms with E-state index in [0.717, 1.165) is 81.9 Å². The number of carbonyl (C=O) groups is 3. The molecule has 0 aliphatic rings. The smallest absolute Gasteiger partial charge is 0.340 e. The Morgan fingerprint density at radius 2 is 0.716 bits per heavy atom. The van der Waals surface area contributed by atoms with Crippen molar-refractivity contribution in [1.82, 2.24) is 69.9 Å². The van der Waals surface area contributed by atoms with Crippen LogP contribution in [0.2, 0.25) is 15.1 Å². The molecule has 15 rings (SSSR count). The normalized spacial score (nSPS) is 11.3. The van der Waals surface area contributed by atoms with Crippen LogP contribution < -0.4 is 33.6 Å². The van der Waals surface area contributed by atoms with Crippen molar-refractivity contribution in [2.24, 2.45) is 5.73 Å². The zero-order valence-electron chi connectivity index (χ0n) is 63.1. The fraction of sp³-hybridized carbons (Fsp3) is 0.179. The molecule has 0 fully saturated rings. The molecule has 6 aromatic carbocycles. The lowest BCUT2D eigenvalue weighted by Gasteiger charge is -2.21. The van der Waals surface area contributed by atoms with E-state index in [-0.39, 0.29) is 78.9 Å². The Morgan fingerprint density at radius 3 is 1.01 bits per heavy atom. The van der Waals surface area contributed by atoms with Crippen molar-refractivity contribution in [3.8, 4) is 18.2 Å². The van der Waals surface area contributed by atoms with Gasteiger partial charge in [0, 0.05) is 124 Å². The molecule has 0 spiro atoms. The van der Waals surface area contributed by atoms with Crippen LogP contribution in [0.5, 0.6) is 0 Å². The lowest BCUT2D eigenvalue weighted by Crippen LogP contribution is -2.23. The molecule has 586 valence electrons. The number of hydrogen-bond acceptors (Lipinski definition) is 22. The Morgan fingerprint density at radius 1 is 0.422 bits per heavy atom. The number of nitrogen functional groups attached to an aromatic ring is 3. The number of aromatic carboxylic acids is 1. The fourth-order valence-electron chi connectivity index (χ4n) is 13.0. The molecule has 0 bridgehead atoms. The molecule has 0 aliphatic heterocycles. The van der Waals surface area contributed by atoms with E-state index in [0.29, 0.717) is 72.3 Å². The van der Waals surface area contributed by atoms with Crippen LogP contribution >= 0.6 is 47.2 Å². The van der Waals surface area contributed by atoms with Crippen molar-refractivity contribution in [3.63, 3.8) is 0 Å². The Kier molecular flexibility index (Phi) is 25.2. The van der Waals surface area contributed by atoms with Gasteiger partial charge in [-0.3, -0.25) is 38.6 Å². The number of benzene rings is 6. The molecule has 15 aromatic rings. The molecule has 0 aliphatic carbocycles. The van der Waals surface area contributed by atoms with Gasteiger partial charge in [0.1, 0.15) is 41.2 Å². The second kappa shape index (κ2) is 35.0. The maximum Gasteiger partial charge on any atom is 0.340 e. The third-order valence-corrected chi connectivity index (χ3v) is 19.1. The Bertz CT molecular complexity index is 6210. The number of anilines is 3. The van der Waals surface area contributed by atoms with E-state index < -0.39 is 34.6 Å². The maximum absolute atomic E-state index is 13.0. The first-order valence-electron chi connectivity index (χ1n) is 35.5. The van der Waals surface area contributed by atoms with Gasteiger partial charge in [-0.25, -0.2) is 19.7 Å². The number of rotatable bonds is 17. The van der Waals surface area contributed by atoms with Crippen LogP contribution in [0.25, 0.3) is 65.0 Å². The first kappa shape index (κ1) is 83.6. The molecule has 0 unspecified atom stereocenters. The summed E-state index contributed by atoms with van der Waals surface area (Å²) in [6.07, 6.45) is 14.0. The third kappa shape index (κ3) is 19.5. The number of fused-ring (bicyclic) bond motifs is 6. The van der Waals surface area contributed by atoms with Crippen molar-refractivity contribution in [1.29, 1.82) is 15.8 Å². The minimum absolute atomic E-state index is 0. The van der Waals surface area contributed by atoms with Gasteiger partial charge in [0.25, 0.3) is 11.8 Å². The van der Waals surface area contributed by atoms with E-state index in [4.69, 9.17) is 68.1 Å². The van der Waals surface area contributed by atoms with Crippen LogP contribution in [-0.2, 0) is 56.1 Å².